The number of hydrogen-bond donors (Lipinski definition) is 2. The Morgan fingerprint density at radius 2 is 1.86 bits per heavy atom. The molecule has 3 fully saturated rings. The van der Waals surface area contributed by atoms with Gasteiger partial charge in [0, 0.05) is 18.6 Å². The van der Waals surface area contributed by atoms with Gasteiger partial charge in [0.1, 0.15) is 12.6 Å². The number of hydrogen-bond acceptors (Lipinski definition) is 5. The lowest BCUT2D eigenvalue weighted by atomic mass is 9.84. The number of carbonyl (C=O) groups excluding carboxylic acids is 3. The van der Waals surface area contributed by atoms with Crippen molar-refractivity contribution in [3.63, 3.8) is 0 Å². The van der Waals surface area contributed by atoms with Crippen molar-refractivity contribution in [3.05, 3.63) is 35.9 Å². The summed E-state index contributed by atoms with van der Waals surface area (Å²) in [4.78, 5) is 51.3. The van der Waals surface area contributed by atoms with Crippen molar-refractivity contribution in [1.29, 1.82) is 0 Å². The first-order valence-corrected chi connectivity index (χ1v) is 9.79. The van der Waals surface area contributed by atoms with E-state index >= 15 is 0 Å². The monoisotopic (exact) mass is 401 g/mol. The standard InChI is InChI=1S/C20H23N3O6/c24-17-14-10-13(23(17)20(27)28)6-7-16(14)22-9-8-15(18(22)25)21-19(26)29-11-12-4-2-1-3-5-12/h1-5,13-16H,6-11H2,(H,21,26)(H,27,28). The number of alkyl carbamates (subject to hydrolysis) is 1. The van der Waals surface area contributed by atoms with Crippen LogP contribution in [0.1, 0.15) is 31.2 Å². The van der Waals surface area contributed by atoms with E-state index in [1.807, 2.05) is 30.3 Å². The number of nitrogens with zero attached hydrogens (tertiary/aromatic N) is 2. The number of ether oxygens (including phenoxy) is 1. The van der Waals surface area contributed by atoms with Crippen LogP contribution in [0.2, 0.25) is 0 Å². The molecule has 2 heterocycles. The number of fused-ring (bicyclic) bond motifs is 2. The molecule has 9 nitrogen and oxygen atoms in total. The highest BCUT2D eigenvalue weighted by molar-refractivity contribution is 5.96. The minimum atomic E-state index is -1.23. The highest BCUT2D eigenvalue weighted by atomic mass is 16.5. The first-order valence-electron chi connectivity index (χ1n) is 9.79. The Bertz CT molecular complexity index is 829. The summed E-state index contributed by atoms with van der Waals surface area (Å²) in [6.45, 7) is 0.539. The average molecular weight is 401 g/mol. The van der Waals surface area contributed by atoms with E-state index in [4.69, 9.17) is 4.74 Å². The highest BCUT2D eigenvalue weighted by Gasteiger charge is 2.53. The maximum Gasteiger partial charge on any atom is 0.414 e. The normalized spacial score (nSPS) is 28.6. The predicted molar refractivity (Wildman–Crippen MR) is 99.7 cm³/mol. The van der Waals surface area contributed by atoms with E-state index in [-0.39, 0.29) is 24.6 Å². The lowest BCUT2D eigenvalue weighted by Gasteiger charge is -2.34. The largest absolute Gasteiger partial charge is 0.465 e. The highest BCUT2D eigenvalue weighted by Crippen LogP contribution is 2.40. The van der Waals surface area contributed by atoms with E-state index in [0.29, 0.717) is 32.2 Å². The van der Waals surface area contributed by atoms with Crippen molar-refractivity contribution in [2.45, 2.75) is 50.4 Å². The molecule has 1 aliphatic carbocycles. The number of likely N-dealkylation sites (tertiary alicyclic amines) is 2. The molecule has 154 valence electrons. The van der Waals surface area contributed by atoms with Crippen molar-refractivity contribution in [1.82, 2.24) is 15.1 Å². The molecular weight excluding hydrogens is 378 g/mol. The Labute approximate surface area is 167 Å². The third-order valence-corrected chi connectivity index (χ3v) is 6.06. The maximum absolute atomic E-state index is 12.8. The molecule has 9 heteroatoms. The molecule has 29 heavy (non-hydrogen) atoms. The topological polar surface area (TPSA) is 116 Å². The zero-order valence-electron chi connectivity index (χ0n) is 15.8. The van der Waals surface area contributed by atoms with E-state index in [9.17, 15) is 24.3 Å². The molecule has 0 spiro atoms. The van der Waals surface area contributed by atoms with Crippen LogP contribution >= 0.6 is 0 Å². The third kappa shape index (κ3) is 3.64. The smallest absolute Gasteiger partial charge is 0.414 e. The fourth-order valence-electron chi connectivity index (χ4n) is 4.69. The molecular formula is C20H23N3O6. The fraction of sp³-hybridized carbons (Fsp3) is 0.500. The lowest BCUT2D eigenvalue weighted by Crippen LogP contribution is -2.48. The van der Waals surface area contributed by atoms with Crippen molar-refractivity contribution in [2.75, 3.05) is 6.54 Å². The SMILES string of the molecule is O=C(NC1CCN(C2CCC3CC2C(=O)N3C(=O)O)C1=O)OCc1ccccc1. The second kappa shape index (κ2) is 7.73. The van der Waals surface area contributed by atoms with Gasteiger partial charge in [-0.2, -0.15) is 0 Å². The van der Waals surface area contributed by atoms with Crippen LogP contribution in [0.3, 0.4) is 0 Å². The van der Waals surface area contributed by atoms with Crippen LogP contribution in [0.15, 0.2) is 30.3 Å². The molecule has 1 aromatic carbocycles. The molecule has 0 radical (unpaired) electrons. The molecule has 4 unspecified atom stereocenters. The lowest BCUT2D eigenvalue weighted by molar-refractivity contribution is -0.135. The van der Waals surface area contributed by atoms with E-state index in [2.05, 4.69) is 5.32 Å². The zero-order chi connectivity index (χ0) is 20.5. The summed E-state index contributed by atoms with van der Waals surface area (Å²) in [6.07, 6.45) is 0.144. The number of nitrogens with one attached hydrogen (secondary N) is 1. The number of benzene rings is 1. The Morgan fingerprint density at radius 3 is 2.59 bits per heavy atom. The second-order valence-corrected chi connectivity index (χ2v) is 7.71. The number of imide groups is 1. The Kier molecular flexibility index (Phi) is 5.12. The van der Waals surface area contributed by atoms with Gasteiger partial charge in [-0.25, -0.2) is 14.5 Å². The van der Waals surface area contributed by atoms with Gasteiger partial charge in [-0.3, -0.25) is 9.59 Å². The number of rotatable bonds is 4. The molecule has 1 saturated carbocycles. The molecule has 4 amide bonds. The quantitative estimate of drug-likeness (QED) is 0.791. The molecule has 2 N–H and O–H groups in total. The summed E-state index contributed by atoms with van der Waals surface area (Å²) in [7, 11) is 0. The van der Waals surface area contributed by atoms with Crippen LogP contribution in [0.5, 0.6) is 0 Å². The summed E-state index contributed by atoms with van der Waals surface area (Å²) < 4.78 is 5.18. The van der Waals surface area contributed by atoms with Crippen molar-refractivity contribution in [2.24, 2.45) is 5.92 Å². The van der Waals surface area contributed by atoms with E-state index in [1.165, 1.54) is 0 Å². The van der Waals surface area contributed by atoms with Gasteiger partial charge in [-0.15, -0.1) is 0 Å². The van der Waals surface area contributed by atoms with Crippen LogP contribution in [-0.4, -0.2) is 63.6 Å². The van der Waals surface area contributed by atoms with Gasteiger partial charge in [-0.05, 0) is 31.2 Å². The summed E-state index contributed by atoms with van der Waals surface area (Å²) >= 11 is 0. The third-order valence-electron chi connectivity index (χ3n) is 6.06. The van der Waals surface area contributed by atoms with Gasteiger partial charge in [0.25, 0.3) is 0 Å². The van der Waals surface area contributed by atoms with Crippen molar-refractivity contribution >= 4 is 24.0 Å². The summed E-state index contributed by atoms with van der Waals surface area (Å²) in [5, 5.41) is 11.9. The van der Waals surface area contributed by atoms with Gasteiger partial charge in [0.15, 0.2) is 0 Å². The van der Waals surface area contributed by atoms with Crippen LogP contribution in [-0.2, 0) is 20.9 Å². The fourth-order valence-corrected chi connectivity index (χ4v) is 4.69. The minimum absolute atomic E-state index is 0.114. The average Bonchev–Trinajstić information content (AvgIpc) is 3.19. The summed E-state index contributed by atoms with van der Waals surface area (Å²) in [5.74, 6) is -1.15. The van der Waals surface area contributed by atoms with E-state index < -0.39 is 30.1 Å². The Balaban J connectivity index is 1.34. The number of carboxylic acid groups (broad SMARTS) is 1. The molecule has 0 aromatic heterocycles. The van der Waals surface area contributed by atoms with Crippen LogP contribution in [0.4, 0.5) is 9.59 Å². The molecule has 3 aliphatic rings. The zero-order valence-corrected chi connectivity index (χ0v) is 15.8. The van der Waals surface area contributed by atoms with E-state index in [1.54, 1.807) is 4.90 Å². The first-order chi connectivity index (χ1) is 14.0. The van der Waals surface area contributed by atoms with Gasteiger partial charge in [0.2, 0.25) is 11.8 Å². The minimum Gasteiger partial charge on any atom is -0.465 e. The van der Waals surface area contributed by atoms with Gasteiger partial charge in [-0.1, -0.05) is 30.3 Å². The molecule has 4 atom stereocenters. The van der Waals surface area contributed by atoms with Gasteiger partial charge in [0.05, 0.1) is 5.92 Å². The second-order valence-electron chi connectivity index (χ2n) is 7.71. The molecule has 1 aromatic rings. The molecule has 2 bridgehead atoms. The van der Waals surface area contributed by atoms with Crippen molar-refractivity contribution in [3.8, 4) is 0 Å². The van der Waals surface area contributed by atoms with Gasteiger partial charge >= 0.3 is 12.2 Å². The predicted octanol–water partition coefficient (Wildman–Crippen LogP) is 1.57. The number of amides is 4. The Hall–Kier alpha value is -3.10. The van der Waals surface area contributed by atoms with Crippen LogP contribution in [0.25, 0.3) is 0 Å². The molecule has 2 aliphatic heterocycles. The maximum atomic E-state index is 12.8. The first kappa shape index (κ1) is 19.2. The molecule has 2 saturated heterocycles. The van der Waals surface area contributed by atoms with Crippen molar-refractivity contribution < 1.29 is 29.0 Å². The summed E-state index contributed by atoms with van der Waals surface area (Å²) in [5.41, 5.74) is 0.849. The summed E-state index contributed by atoms with van der Waals surface area (Å²) in [6, 6.07) is 7.94. The Morgan fingerprint density at radius 1 is 1.10 bits per heavy atom. The van der Waals surface area contributed by atoms with Gasteiger partial charge < -0.3 is 20.1 Å². The number of carbonyl (C=O) groups is 4. The van der Waals surface area contributed by atoms with E-state index in [0.717, 1.165) is 10.5 Å². The van der Waals surface area contributed by atoms with Crippen LogP contribution < -0.4 is 5.32 Å². The molecule has 4 rings (SSSR count). The van der Waals surface area contributed by atoms with Crippen LogP contribution in [0, 0.1) is 5.92 Å².